The summed E-state index contributed by atoms with van der Waals surface area (Å²) in [6.45, 7) is 0.133. The van der Waals surface area contributed by atoms with E-state index in [4.69, 9.17) is 0 Å². The lowest BCUT2D eigenvalue weighted by molar-refractivity contribution is 0.0777. The maximum atomic E-state index is 13.5. The minimum absolute atomic E-state index is 0.133. The SMILES string of the molecule is CN(Cc1ccc(F)c(F)c1)C(=O)c1nn(-c2ccc(F)cc2)c2c1CCCC2. The van der Waals surface area contributed by atoms with Gasteiger partial charge in [0.2, 0.25) is 0 Å². The van der Waals surface area contributed by atoms with Gasteiger partial charge in [-0.2, -0.15) is 5.10 Å². The van der Waals surface area contributed by atoms with E-state index in [1.54, 1.807) is 23.9 Å². The van der Waals surface area contributed by atoms with Gasteiger partial charge in [-0.1, -0.05) is 6.07 Å². The third-order valence-corrected chi connectivity index (χ3v) is 5.20. The average Bonchev–Trinajstić information content (AvgIpc) is 3.10. The zero-order valence-corrected chi connectivity index (χ0v) is 16.0. The van der Waals surface area contributed by atoms with Gasteiger partial charge in [-0.15, -0.1) is 0 Å². The van der Waals surface area contributed by atoms with Gasteiger partial charge in [0, 0.05) is 24.8 Å². The molecule has 150 valence electrons. The Labute approximate surface area is 166 Å². The van der Waals surface area contributed by atoms with Crippen molar-refractivity contribution >= 4 is 5.91 Å². The van der Waals surface area contributed by atoms with Crippen molar-refractivity contribution in [2.45, 2.75) is 32.2 Å². The number of carbonyl (C=O) groups is 1. The number of rotatable bonds is 4. The molecule has 0 spiro atoms. The maximum Gasteiger partial charge on any atom is 0.274 e. The van der Waals surface area contributed by atoms with Gasteiger partial charge in [-0.3, -0.25) is 4.79 Å². The van der Waals surface area contributed by atoms with Crippen LogP contribution < -0.4 is 0 Å². The number of benzene rings is 2. The van der Waals surface area contributed by atoms with Gasteiger partial charge in [0.05, 0.1) is 5.69 Å². The highest BCUT2D eigenvalue weighted by Crippen LogP contribution is 2.28. The monoisotopic (exact) mass is 399 g/mol. The molecule has 0 N–H and O–H groups in total. The molecule has 3 aromatic rings. The molecular formula is C22H20F3N3O. The molecule has 0 radical (unpaired) electrons. The summed E-state index contributed by atoms with van der Waals surface area (Å²) in [6.07, 6.45) is 3.50. The van der Waals surface area contributed by atoms with Gasteiger partial charge in [-0.05, 0) is 67.6 Å². The number of hydrogen-bond acceptors (Lipinski definition) is 2. The third-order valence-electron chi connectivity index (χ3n) is 5.20. The Balaban J connectivity index is 1.65. The Bertz CT molecular complexity index is 1060. The van der Waals surface area contributed by atoms with Crippen molar-refractivity contribution in [3.05, 3.63) is 82.4 Å². The second-order valence-electron chi connectivity index (χ2n) is 7.28. The lowest BCUT2D eigenvalue weighted by Crippen LogP contribution is -2.27. The van der Waals surface area contributed by atoms with E-state index in [0.717, 1.165) is 49.1 Å². The molecule has 4 nitrogen and oxygen atoms in total. The molecule has 29 heavy (non-hydrogen) atoms. The number of carbonyl (C=O) groups excluding carboxylic acids is 1. The molecule has 0 fully saturated rings. The fraction of sp³-hybridized carbons (Fsp3) is 0.273. The van der Waals surface area contributed by atoms with Crippen LogP contribution in [0.25, 0.3) is 5.69 Å². The first-order valence-corrected chi connectivity index (χ1v) is 9.50. The predicted molar refractivity (Wildman–Crippen MR) is 102 cm³/mol. The summed E-state index contributed by atoms with van der Waals surface area (Å²) in [4.78, 5) is 14.5. The maximum absolute atomic E-state index is 13.5. The van der Waals surface area contributed by atoms with Crippen molar-refractivity contribution in [3.8, 4) is 5.69 Å². The van der Waals surface area contributed by atoms with Crippen LogP contribution in [0.3, 0.4) is 0 Å². The van der Waals surface area contributed by atoms with E-state index >= 15 is 0 Å². The largest absolute Gasteiger partial charge is 0.336 e. The zero-order chi connectivity index (χ0) is 20.5. The van der Waals surface area contributed by atoms with Crippen LogP contribution in [0.2, 0.25) is 0 Å². The molecule has 0 saturated carbocycles. The van der Waals surface area contributed by atoms with Crippen LogP contribution in [0, 0.1) is 17.5 Å². The second kappa shape index (κ2) is 7.73. The highest BCUT2D eigenvalue weighted by Gasteiger charge is 2.27. The van der Waals surface area contributed by atoms with Crippen molar-refractivity contribution in [3.63, 3.8) is 0 Å². The Kier molecular flexibility index (Phi) is 5.13. The van der Waals surface area contributed by atoms with Crippen LogP contribution in [0.1, 0.15) is 40.2 Å². The predicted octanol–water partition coefficient (Wildman–Crippen LogP) is 4.44. The summed E-state index contributed by atoms with van der Waals surface area (Å²) in [7, 11) is 1.61. The number of halogens is 3. The average molecular weight is 399 g/mol. The molecular weight excluding hydrogens is 379 g/mol. The smallest absolute Gasteiger partial charge is 0.274 e. The third kappa shape index (κ3) is 3.77. The summed E-state index contributed by atoms with van der Waals surface area (Å²) in [6, 6.07) is 9.59. The normalized spacial score (nSPS) is 13.2. The topological polar surface area (TPSA) is 38.1 Å². The molecule has 0 saturated heterocycles. The first-order chi connectivity index (χ1) is 13.9. The summed E-state index contributed by atoms with van der Waals surface area (Å²) in [5.41, 5.74) is 3.42. The number of hydrogen-bond donors (Lipinski definition) is 0. The molecule has 2 aromatic carbocycles. The van der Waals surface area contributed by atoms with E-state index in [0.29, 0.717) is 16.9 Å². The lowest BCUT2D eigenvalue weighted by atomic mass is 9.95. The summed E-state index contributed by atoms with van der Waals surface area (Å²) < 4.78 is 41.6. The van der Waals surface area contributed by atoms with Crippen LogP contribution >= 0.6 is 0 Å². The molecule has 0 bridgehead atoms. The van der Waals surface area contributed by atoms with Crippen molar-refractivity contribution in [2.24, 2.45) is 0 Å². The standard InChI is InChI=1S/C22H20F3N3O/c1-27(13-14-6-11-18(24)19(25)12-14)22(29)21-17-4-2-3-5-20(17)28(26-21)16-9-7-15(23)8-10-16/h6-12H,2-5,13H2,1H3. The number of nitrogens with zero attached hydrogens (tertiary/aromatic N) is 3. The van der Waals surface area contributed by atoms with E-state index < -0.39 is 11.6 Å². The van der Waals surface area contributed by atoms with Crippen molar-refractivity contribution in [1.82, 2.24) is 14.7 Å². The summed E-state index contributed by atoms with van der Waals surface area (Å²) in [5.74, 6) is -2.48. The highest BCUT2D eigenvalue weighted by molar-refractivity contribution is 5.94. The van der Waals surface area contributed by atoms with Gasteiger partial charge >= 0.3 is 0 Å². The van der Waals surface area contributed by atoms with Crippen LogP contribution in [0.15, 0.2) is 42.5 Å². The van der Waals surface area contributed by atoms with E-state index in [1.807, 2.05) is 0 Å². The molecule has 0 atom stereocenters. The number of aromatic nitrogens is 2. The fourth-order valence-corrected chi connectivity index (χ4v) is 3.73. The Morgan fingerprint density at radius 3 is 2.48 bits per heavy atom. The molecule has 4 rings (SSSR count). The molecule has 0 unspecified atom stereocenters. The molecule has 1 aromatic heterocycles. The first kappa shape index (κ1) is 19.2. The molecule has 1 amide bonds. The van der Waals surface area contributed by atoms with Crippen molar-refractivity contribution < 1.29 is 18.0 Å². The van der Waals surface area contributed by atoms with Crippen LogP contribution in [-0.2, 0) is 19.4 Å². The van der Waals surface area contributed by atoms with Crippen molar-refractivity contribution in [2.75, 3.05) is 7.05 Å². The van der Waals surface area contributed by atoms with Gasteiger partial charge in [0.25, 0.3) is 5.91 Å². The van der Waals surface area contributed by atoms with Gasteiger partial charge in [0.1, 0.15) is 5.82 Å². The fourth-order valence-electron chi connectivity index (χ4n) is 3.73. The summed E-state index contributed by atoms with van der Waals surface area (Å²) in [5, 5.41) is 4.55. The molecule has 0 aliphatic heterocycles. The molecule has 1 aliphatic carbocycles. The number of amides is 1. The summed E-state index contributed by atoms with van der Waals surface area (Å²) >= 11 is 0. The van der Waals surface area contributed by atoms with Gasteiger partial charge in [-0.25, -0.2) is 17.9 Å². The van der Waals surface area contributed by atoms with E-state index in [1.165, 1.54) is 23.1 Å². The van der Waals surface area contributed by atoms with Crippen LogP contribution in [-0.4, -0.2) is 27.6 Å². The Hall–Kier alpha value is -3.09. The van der Waals surface area contributed by atoms with Gasteiger partial charge in [0.15, 0.2) is 17.3 Å². The molecule has 1 heterocycles. The molecule has 7 heteroatoms. The van der Waals surface area contributed by atoms with E-state index in [-0.39, 0.29) is 18.3 Å². The minimum atomic E-state index is -0.943. The molecule has 1 aliphatic rings. The van der Waals surface area contributed by atoms with Crippen molar-refractivity contribution in [1.29, 1.82) is 0 Å². The van der Waals surface area contributed by atoms with E-state index in [2.05, 4.69) is 5.10 Å². The van der Waals surface area contributed by atoms with E-state index in [9.17, 15) is 18.0 Å². The Morgan fingerprint density at radius 2 is 1.76 bits per heavy atom. The minimum Gasteiger partial charge on any atom is -0.336 e. The zero-order valence-electron chi connectivity index (χ0n) is 16.0. The second-order valence-corrected chi connectivity index (χ2v) is 7.28. The Morgan fingerprint density at radius 1 is 1.03 bits per heavy atom. The quantitative estimate of drug-likeness (QED) is 0.651. The first-order valence-electron chi connectivity index (χ1n) is 9.50. The highest BCUT2D eigenvalue weighted by atomic mass is 19.2. The van der Waals surface area contributed by atoms with Crippen LogP contribution in [0.5, 0.6) is 0 Å². The van der Waals surface area contributed by atoms with Gasteiger partial charge < -0.3 is 4.90 Å². The number of fused-ring (bicyclic) bond motifs is 1. The lowest BCUT2D eigenvalue weighted by Gasteiger charge is -2.18. The van der Waals surface area contributed by atoms with Crippen LogP contribution in [0.4, 0.5) is 13.2 Å².